The Morgan fingerprint density at radius 1 is 0.843 bits per heavy atom. The smallest absolute Gasteiger partial charge is 0.339 e. The predicted molar refractivity (Wildman–Crippen MR) is 167 cm³/mol. The molecule has 0 aromatic heterocycles. The number of ether oxygens (including phenoxy) is 9. The second kappa shape index (κ2) is 16.0. The lowest BCUT2D eigenvalue weighted by molar-refractivity contribution is -0.353. The first-order valence-corrected chi connectivity index (χ1v) is 15.8. The highest BCUT2D eigenvalue weighted by atomic mass is 16.8. The van der Waals surface area contributed by atoms with Crippen LogP contribution in [0, 0.1) is 5.92 Å². The summed E-state index contributed by atoms with van der Waals surface area (Å²) in [6, 6.07) is 8.81. The maximum absolute atomic E-state index is 12.9. The molecule has 1 aliphatic carbocycles. The molecule has 0 bridgehead atoms. The number of hydrogen-bond donors (Lipinski definition) is 2. The maximum atomic E-state index is 12.9. The minimum absolute atomic E-state index is 0.435. The Morgan fingerprint density at radius 3 is 2.04 bits per heavy atom. The summed E-state index contributed by atoms with van der Waals surface area (Å²) < 4.78 is 49.6. The molecule has 17 heteroatoms. The lowest BCUT2D eigenvalue weighted by atomic mass is 9.77. The lowest BCUT2D eigenvalue weighted by Gasteiger charge is -2.47. The van der Waals surface area contributed by atoms with Gasteiger partial charge in [0.1, 0.15) is 35.6 Å². The highest BCUT2D eigenvalue weighted by molar-refractivity contribution is 5.91. The van der Waals surface area contributed by atoms with Crippen molar-refractivity contribution in [3.8, 4) is 0 Å². The zero-order valence-electron chi connectivity index (χ0n) is 28.7. The number of esters is 6. The maximum Gasteiger partial charge on any atom is 0.339 e. The number of carbonyl (C=O) groups excluding carboxylic acids is 6. The SMILES string of the molecule is COC(=O)C1=COC(OC2OC(COC(C)=O)C(OC(C)=O)C(OC(C)=O)C2OC(C)=O)C2C1(O)CC(OC(=O)C=Cc1ccccc1)C2(C)O. The van der Waals surface area contributed by atoms with Crippen molar-refractivity contribution in [2.75, 3.05) is 13.7 Å². The standard InChI is InChI=1S/C34H40O17/c1-17(35)44-16-23-26(46-18(2)36)27(47-19(3)37)28(48-20(4)38)31(49-23)51-32-29-33(5,41)24(14-34(29,42)22(15-45-32)30(40)43-6)50-25(39)13-12-21-10-8-7-9-11-21/h7-13,15,23-24,26-29,31-32,41-42H,14,16H2,1-6H3. The van der Waals surface area contributed by atoms with Gasteiger partial charge < -0.3 is 52.8 Å². The molecule has 1 aromatic carbocycles. The number of fused-ring (bicyclic) bond motifs is 1. The van der Waals surface area contributed by atoms with Crippen molar-refractivity contribution in [2.24, 2.45) is 5.92 Å². The first-order chi connectivity index (χ1) is 24.0. The van der Waals surface area contributed by atoms with Gasteiger partial charge in [-0.1, -0.05) is 30.3 Å². The quantitative estimate of drug-likeness (QED) is 0.182. The first kappa shape index (κ1) is 39.0. The molecule has 4 rings (SSSR count). The Kier molecular flexibility index (Phi) is 12.2. The number of benzene rings is 1. The molecule has 3 aliphatic rings. The minimum Gasteiger partial charge on any atom is -0.471 e. The van der Waals surface area contributed by atoms with Crippen LogP contribution in [0.2, 0.25) is 0 Å². The molecule has 10 atom stereocenters. The van der Waals surface area contributed by atoms with Crippen molar-refractivity contribution in [3.05, 3.63) is 53.8 Å². The topological polar surface area (TPSA) is 226 Å². The summed E-state index contributed by atoms with van der Waals surface area (Å²) in [6.07, 6.45) is -8.28. The van der Waals surface area contributed by atoms with E-state index in [4.69, 9.17) is 42.6 Å². The van der Waals surface area contributed by atoms with E-state index in [1.165, 1.54) is 13.0 Å². The molecule has 2 aliphatic heterocycles. The fourth-order valence-electron chi connectivity index (χ4n) is 6.34. The molecular weight excluding hydrogens is 680 g/mol. The van der Waals surface area contributed by atoms with Gasteiger partial charge in [-0.3, -0.25) is 19.2 Å². The van der Waals surface area contributed by atoms with Crippen LogP contribution in [0.25, 0.3) is 6.08 Å². The zero-order valence-corrected chi connectivity index (χ0v) is 28.7. The molecule has 17 nitrogen and oxygen atoms in total. The second-order valence-electron chi connectivity index (χ2n) is 12.2. The number of hydrogen-bond acceptors (Lipinski definition) is 17. The van der Waals surface area contributed by atoms with Crippen molar-refractivity contribution in [1.29, 1.82) is 0 Å². The van der Waals surface area contributed by atoms with Gasteiger partial charge in [-0.05, 0) is 18.6 Å². The minimum atomic E-state index is -2.31. The summed E-state index contributed by atoms with van der Waals surface area (Å²) >= 11 is 0. The van der Waals surface area contributed by atoms with Crippen molar-refractivity contribution in [1.82, 2.24) is 0 Å². The largest absolute Gasteiger partial charge is 0.471 e. The summed E-state index contributed by atoms with van der Waals surface area (Å²) in [7, 11) is 1.06. The summed E-state index contributed by atoms with van der Waals surface area (Å²) in [4.78, 5) is 74.1. The van der Waals surface area contributed by atoms with Crippen LogP contribution in [0.3, 0.4) is 0 Å². The van der Waals surface area contributed by atoms with Crippen LogP contribution in [-0.2, 0) is 71.4 Å². The van der Waals surface area contributed by atoms with E-state index < -0.39 is 115 Å². The van der Waals surface area contributed by atoms with Gasteiger partial charge in [0.15, 0.2) is 18.3 Å². The first-order valence-electron chi connectivity index (χ1n) is 15.8. The van der Waals surface area contributed by atoms with Crippen LogP contribution in [0.5, 0.6) is 0 Å². The zero-order chi connectivity index (χ0) is 37.7. The number of methoxy groups -OCH3 is 1. The van der Waals surface area contributed by atoms with E-state index in [0.717, 1.165) is 47.1 Å². The lowest BCUT2D eigenvalue weighted by Crippen LogP contribution is -2.65. The third kappa shape index (κ3) is 8.91. The van der Waals surface area contributed by atoms with Gasteiger partial charge in [0.2, 0.25) is 12.6 Å². The second-order valence-corrected chi connectivity index (χ2v) is 12.2. The molecule has 1 saturated carbocycles. The normalized spacial score (nSPS) is 32.7. The van der Waals surface area contributed by atoms with Gasteiger partial charge >= 0.3 is 35.8 Å². The number of rotatable bonds is 11. The molecule has 51 heavy (non-hydrogen) atoms. The van der Waals surface area contributed by atoms with Crippen LogP contribution >= 0.6 is 0 Å². The van der Waals surface area contributed by atoms with E-state index in [1.54, 1.807) is 30.3 Å². The van der Waals surface area contributed by atoms with Crippen molar-refractivity contribution in [2.45, 2.75) is 95.3 Å². The van der Waals surface area contributed by atoms with Crippen LogP contribution in [0.15, 0.2) is 48.2 Å². The van der Waals surface area contributed by atoms with Gasteiger partial charge in [0.05, 0.1) is 19.3 Å². The van der Waals surface area contributed by atoms with Gasteiger partial charge in [-0.15, -0.1) is 0 Å². The summed E-state index contributed by atoms with van der Waals surface area (Å²) in [5.41, 5.74) is -4.26. The summed E-state index contributed by atoms with van der Waals surface area (Å²) in [5.74, 6) is -6.94. The van der Waals surface area contributed by atoms with Gasteiger partial charge in [-0.25, -0.2) is 9.59 Å². The molecule has 10 unspecified atom stereocenters. The molecule has 2 fully saturated rings. The summed E-state index contributed by atoms with van der Waals surface area (Å²) in [6.45, 7) is 4.89. The highest BCUT2D eigenvalue weighted by Gasteiger charge is 2.69. The Labute approximate surface area is 292 Å². The monoisotopic (exact) mass is 720 g/mol. The molecule has 0 amide bonds. The number of aliphatic hydroxyl groups is 2. The molecule has 278 valence electrons. The van der Waals surface area contributed by atoms with Crippen molar-refractivity contribution >= 4 is 41.9 Å². The molecule has 1 saturated heterocycles. The predicted octanol–water partition coefficient (Wildman–Crippen LogP) is 0.627. The van der Waals surface area contributed by atoms with E-state index in [2.05, 4.69) is 0 Å². The van der Waals surface area contributed by atoms with Gasteiger partial charge in [0, 0.05) is 40.2 Å². The Bertz CT molecular complexity index is 1550. The molecule has 0 spiro atoms. The average molecular weight is 721 g/mol. The van der Waals surface area contributed by atoms with Gasteiger partial charge in [0.25, 0.3) is 0 Å². The average Bonchev–Trinajstić information content (AvgIpc) is 3.25. The van der Waals surface area contributed by atoms with Crippen molar-refractivity contribution in [3.63, 3.8) is 0 Å². The Hall–Kier alpha value is -4.84. The Balaban J connectivity index is 1.72. The summed E-state index contributed by atoms with van der Waals surface area (Å²) in [5, 5.41) is 24.0. The van der Waals surface area contributed by atoms with Crippen LogP contribution in [-0.4, -0.2) is 114 Å². The fourth-order valence-corrected chi connectivity index (χ4v) is 6.34. The fraction of sp³-hybridized carbons (Fsp3) is 0.529. The third-order valence-corrected chi connectivity index (χ3v) is 8.44. The number of carbonyl (C=O) groups is 6. The van der Waals surface area contributed by atoms with Gasteiger partial charge in [-0.2, -0.15) is 0 Å². The van der Waals surface area contributed by atoms with E-state index in [-0.39, 0.29) is 0 Å². The van der Waals surface area contributed by atoms with Crippen LogP contribution in [0.1, 0.15) is 46.6 Å². The van der Waals surface area contributed by atoms with E-state index in [0.29, 0.717) is 5.56 Å². The Morgan fingerprint density at radius 2 is 1.45 bits per heavy atom. The molecule has 1 aromatic rings. The van der Waals surface area contributed by atoms with Crippen molar-refractivity contribution < 1.29 is 81.6 Å². The third-order valence-electron chi connectivity index (χ3n) is 8.44. The molecule has 2 heterocycles. The molecular formula is C34H40O17. The molecule has 2 N–H and O–H groups in total. The van der Waals surface area contributed by atoms with Crippen LogP contribution in [0.4, 0.5) is 0 Å². The van der Waals surface area contributed by atoms with E-state index in [1.807, 2.05) is 0 Å². The van der Waals surface area contributed by atoms with Crippen LogP contribution < -0.4 is 0 Å². The highest BCUT2D eigenvalue weighted by Crippen LogP contribution is 2.53. The van der Waals surface area contributed by atoms with E-state index >= 15 is 0 Å². The van der Waals surface area contributed by atoms with E-state index in [9.17, 15) is 39.0 Å². The molecule has 0 radical (unpaired) electrons.